The molecule has 2 amide bonds. The molecule has 132 valence electrons. The molecule has 1 aromatic heterocycles. The minimum absolute atomic E-state index is 0.00576. The summed E-state index contributed by atoms with van der Waals surface area (Å²) in [7, 11) is 0. The number of aryl methyl sites for hydroxylation is 1. The number of rotatable bonds is 5. The standard InChI is InChI=1S/C19H23N3O2S/c1-4-12(2)15-7-5-6-8-16(15)22-11-14(9-17(22)23)18(24)21-19-20-10-13(3)25-19/h5-8,10,12,14H,4,9,11H2,1-3H3,(H,20,21,24)/t12-,14+/m0/s1. The Balaban J connectivity index is 1.76. The number of nitrogens with one attached hydrogen (secondary N) is 1. The molecule has 0 saturated carbocycles. The molecule has 1 fully saturated rings. The molecule has 3 rings (SSSR count). The predicted octanol–water partition coefficient (Wildman–Crippen LogP) is 3.96. The Hall–Kier alpha value is -2.21. The number of nitrogens with zero attached hydrogens (tertiary/aromatic N) is 2. The fourth-order valence-corrected chi connectivity index (χ4v) is 3.77. The second-order valence-corrected chi connectivity index (χ2v) is 7.77. The van der Waals surface area contributed by atoms with Crippen molar-refractivity contribution >= 4 is 34.0 Å². The van der Waals surface area contributed by atoms with Gasteiger partial charge in [0.1, 0.15) is 0 Å². The van der Waals surface area contributed by atoms with Crippen LogP contribution < -0.4 is 10.2 Å². The van der Waals surface area contributed by atoms with Gasteiger partial charge in [0.25, 0.3) is 0 Å². The van der Waals surface area contributed by atoms with E-state index in [0.717, 1.165) is 22.5 Å². The summed E-state index contributed by atoms with van der Waals surface area (Å²) in [6.07, 6.45) is 2.98. The third-order valence-electron chi connectivity index (χ3n) is 4.72. The first kappa shape index (κ1) is 17.6. The molecule has 1 saturated heterocycles. The number of hydrogen-bond donors (Lipinski definition) is 1. The molecule has 6 heteroatoms. The van der Waals surface area contributed by atoms with E-state index < -0.39 is 0 Å². The van der Waals surface area contributed by atoms with E-state index in [9.17, 15) is 9.59 Å². The maximum atomic E-state index is 12.5. The average molecular weight is 357 g/mol. The highest BCUT2D eigenvalue weighted by molar-refractivity contribution is 7.15. The minimum atomic E-state index is -0.346. The molecule has 2 heterocycles. The smallest absolute Gasteiger partial charge is 0.231 e. The molecule has 0 unspecified atom stereocenters. The number of amides is 2. The molecule has 1 aliphatic heterocycles. The molecule has 0 aliphatic carbocycles. The van der Waals surface area contributed by atoms with E-state index in [4.69, 9.17) is 0 Å². The number of thiazole rings is 1. The van der Waals surface area contributed by atoms with Crippen molar-refractivity contribution in [3.05, 3.63) is 40.9 Å². The van der Waals surface area contributed by atoms with Crippen LogP contribution in [-0.4, -0.2) is 23.3 Å². The minimum Gasteiger partial charge on any atom is -0.311 e. The Morgan fingerprint density at radius 1 is 1.44 bits per heavy atom. The Morgan fingerprint density at radius 2 is 2.20 bits per heavy atom. The van der Waals surface area contributed by atoms with Gasteiger partial charge in [-0.15, -0.1) is 11.3 Å². The summed E-state index contributed by atoms with van der Waals surface area (Å²) in [4.78, 5) is 32.0. The molecule has 1 aliphatic rings. The molecular weight excluding hydrogens is 334 g/mol. The van der Waals surface area contributed by atoms with E-state index in [1.54, 1.807) is 11.1 Å². The van der Waals surface area contributed by atoms with Gasteiger partial charge < -0.3 is 10.2 Å². The first-order valence-electron chi connectivity index (χ1n) is 8.62. The van der Waals surface area contributed by atoms with Gasteiger partial charge in [-0.3, -0.25) is 9.59 Å². The van der Waals surface area contributed by atoms with E-state index in [2.05, 4.69) is 30.2 Å². The summed E-state index contributed by atoms with van der Waals surface area (Å²) in [5, 5.41) is 3.43. The molecule has 2 atom stereocenters. The van der Waals surface area contributed by atoms with Crippen molar-refractivity contribution in [2.24, 2.45) is 5.92 Å². The van der Waals surface area contributed by atoms with Crippen molar-refractivity contribution in [2.45, 2.75) is 39.5 Å². The van der Waals surface area contributed by atoms with Crippen LogP contribution in [-0.2, 0) is 9.59 Å². The second-order valence-electron chi connectivity index (χ2n) is 6.54. The predicted molar refractivity (Wildman–Crippen MR) is 101 cm³/mol. The van der Waals surface area contributed by atoms with E-state index in [1.165, 1.54) is 11.3 Å². The molecule has 0 bridgehead atoms. The summed E-state index contributed by atoms with van der Waals surface area (Å²) in [6, 6.07) is 7.99. The highest BCUT2D eigenvalue weighted by Gasteiger charge is 2.36. The summed E-state index contributed by atoms with van der Waals surface area (Å²) in [6.45, 7) is 6.66. The number of hydrogen-bond acceptors (Lipinski definition) is 4. The van der Waals surface area contributed by atoms with Crippen LogP contribution in [0.1, 0.15) is 43.0 Å². The van der Waals surface area contributed by atoms with Crippen molar-refractivity contribution in [3.63, 3.8) is 0 Å². The molecule has 1 N–H and O–H groups in total. The van der Waals surface area contributed by atoms with Crippen LogP contribution in [0.15, 0.2) is 30.5 Å². The summed E-state index contributed by atoms with van der Waals surface area (Å²) in [5.41, 5.74) is 2.09. The quantitative estimate of drug-likeness (QED) is 0.881. The Morgan fingerprint density at radius 3 is 2.88 bits per heavy atom. The van der Waals surface area contributed by atoms with Crippen molar-refractivity contribution in [3.8, 4) is 0 Å². The van der Waals surface area contributed by atoms with Crippen LogP contribution in [0.5, 0.6) is 0 Å². The largest absolute Gasteiger partial charge is 0.311 e. The molecule has 25 heavy (non-hydrogen) atoms. The number of anilines is 2. The van der Waals surface area contributed by atoms with Crippen molar-refractivity contribution in [1.29, 1.82) is 0 Å². The summed E-state index contributed by atoms with van der Waals surface area (Å²) < 4.78 is 0. The Kier molecular flexibility index (Phi) is 5.18. The molecule has 0 radical (unpaired) electrons. The van der Waals surface area contributed by atoms with Gasteiger partial charge in [-0.05, 0) is 30.9 Å². The first-order valence-corrected chi connectivity index (χ1v) is 9.43. The van der Waals surface area contributed by atoms with Gasteiger partial charge in [0.05, 0.1) is 5.92 Å². The fourth-order valence-electron chi connectivity index (χ4n) is 3.11. The maximum Gasteiger partial charge on any atom is 0.231 e. The van der Waals surface area contributed by atoms with Gasteiger partial charge in [-0.2, -0.15) is 0 Å². The van der Waals surface area contributed by atoms with Gasteiger partial charge in [-0.1, -0.05) is 32.0 Å². The van der Waals surface area contributed by atoms with Gasteiger partial charge in [-0.25, -0.2) is 4.98 Å². The zero-order valence-electron chi connectivity index (χ0n) is 14.8. The highest BCUT2D eigenvalue weighted by Crippen LogP contribution is 2.33. The third-order valence-corrected chi connectivity index (χ3v) is 5.55. The van der Waals surface area contributed by atoms with Gasteiger partial charge in [0.15, 0.2) is 5.13 Å². The molecule has 5 nitrogen and oxygen atoms in total. The average Bonchev–Trinajstić information content (AvgIpc) is 3.19. The second kappa shape index (κ2) is 7.35. The number of benzene rings is 1. The van der Waals surface area contributed by atoms with Gasteiger partial charge in [0.2, 0.25) is 11.8 Å². The lowest BCUT2D eigenvalue weighted by atomic mass is 9.96. The number of carbonyl (C=O) groups is 2. The lowest BCUT2D eigenvalue weighted by molar-refractivity contribution is -0.122. The zero-order valence-corrected chi connectivity index (χ0v) is 15.6. The van der Waals surface area contributed by atoms with Crippen molar-refractivity contribution in [2.75, 3.05) is 16.8 Å². The lowest BCUT2D eigenvalue weighted by Crippen LogP contribution is -2.29. The monoisotopic (exact) mass is 357 g/mol. The SMILES string of the molecule is CC[C@H](C)c1ccccc1N1C[C@H](C(=O)Nc2ncc(C)s2)CC1=O. The van der Waals surface area contributed by atoms with Crippen LogP contribution >= 0.6 is 11.3 Å². The fraction of sp³-hybridized carbons (Fsp3) is 0.421. The van der Waals surface area contributed by atoms with Crippen LogP contribution in [0.3, 0.4) is 0 Å². The van der Waals surface area contributed by atoms with E-state index >= 15 is 0 Å². The molecule has 0 spiro atoms. The van der Waals surface area contributed by atoms with Crippen LogP contribution in [0, 0.1) is 12.8 Å². The maximum absolute atomic E-state index is 12.5. The summed E-state index contributed by atoms with van der Waals surface area (Å²) in [5.74, 6) is -0.102. The number of para-hydroxylation sites is 1. The normalized spacial score (nSPS) is 18.4. The highest BCUT2D eigenvalue weighted by atomic mass is 32.1. The lowest BCUT2D eigenvalue weighted by Gasteiger charge is -2.23. The number of aromatic nitrogens is 1. The van der Waals surface area contributed by atoms with Gasteiger partial charge >= 0.3 is 0 Å². The van der Waals surface area contributed by atoms with E-state index in [-0.39, 0.29) is 24.2 Å². The van der Waals surface area contributed by atoms with E-state index in [0.29, 0.717) is 17.6 Å². The van der Waals surface area contributed by atoms with Crippen LogP contribution in [0.25, 0.3) is 0 Å². The van der Waals surface area contributed by atoms with Crippen molar-refractivity contribution < 1.29 is 9.59 Å². The molecular formula is C19H23N3O2S. The topological polar surface area (TPSA) is 62.3 Å². The first-order chi connectivity index (χ1) is 12.0. The Bertz CT molecular complexity index is 786. The number of carbonyl (C=O) groups excluding carboxylic acids is 2. The molecule has 2 aromatic rings. The van der Waals surface area contributed by atoms with Crippen LogP contribution in [0.2, 0.25) is 0 Å². The van der Waals surface area contributed by atoms with Gasteiger partial charge in [0, 0.05) is 29.7 Å². The Labute approximate surface area is 152 Å². The molecule has 1 aromatic carbocycles. The summed E-state index contributed by atoms with van der Waals surface area (Å²) >= 11 is 1.44. The van der Waals surface area contributed by atoms with Crippen LogP contribution in [0.4, 0.5) is 10.8 Å². The van der Waals surface area contributed by atoms with Crippen molar-refractivity contribution in [1.82, 2.24) is 4.98 Å². The van der Waals surface area contributed by atoms with E-state index in [1.807, 2.05) is 25.1 Å². The zero-order chi connectivity index (χ0) is 18.0. The third kappa shape index (κ3) is 3.74.